The van der Waals surface area contributed by atoms with Crippen LogP contribution in [-0.4, -0.2) is 36.3 Å². The third kappa shape index (κ3) is 3.80. The molecule has 0 aliphatic rings. The van der Waals surface area contributed by atoms with Gasteiger partial charge in [-0.1, -0.05) is 19.9 Å². The Kier molecular flexibility index (Phi) is 5.08. The molecule has 0 saturated heterocycles. The maximum absolute atomic E-state index is 12.2. The van der Waals surface area contributed by atoms with Crippen molar-refractivity contribution in [1.82, 2.24) is 10.3 Å². The van der Waals surface area contributed by atoms with Gasteiger partial charge in [-0.3, -0.25) is 4.79 Å². The molecule has 1 aromatic heterocycles. The standard InChI is InChI=1S/C17H24N2O3/c1-17(2,7-8-20)11-19-15(21)9-12-10-18-13-5-4-6-14(22-3)16(12)13/h4-6,10,18,20H,7-9,11H2,1-3H3,(H,19,21). The van der Waals surface area contributed by atoms with Gasteiger partial charge < -0.3 is 20.1 Å². The van der Waals surface area contributed by atoms with Crippen molar-refractivity contribution in [2.24, 2.45) is 5.41 Å². The van der Waals surface area contributed by atoms with Gasteiger partial charge in [0.05, 0.1) is 13.5 Å². The molecule has 2 rings (SSSR count). The molecule has 0 fully saturated rings. The Labute approximate surface area is 130 Å². The first-order valence-corrected chi connectivity index (χ1v) is 7.47. The molecule has 0 aliphatic carbocycles. The number of hydrogen-bond donors (Lipinski definition) is 3. The van der Waals surface area contributed by atoms with Crippen LogP contribution in [-0.2, 0) is 11.2 Å². The first-order valence-electron chi connectivity index (χ1n) is 7.47. The van der Waals surface area contributed by atoms with Crippen molar-refractivity contribution in [2.75, 3.05) is 20.3 Å². The monoisotopic (exact) mass is 304 g/mol. The summed E-state index contributed by atoms with van der Waals surface area (Å²) in [4.78, 5) is 15.3. The van der Waals surface area contributed by atoms with Gasteiger partial charge in [0.15, 0.2) is 0 Å². The number of hydrogen-bond acceptors (Lipinski definition) is 3. The molecule has 1 heterocycles. The van der Waals surface area contributed by atoms with Crippen LogP contribution in [0.5, 0.6) is 5.75 Å². The minimum absolute atomic E-state index is 0.0298. The highest BCUT2D eigenvalue weighted by Crippen LogP contribution is 2.28. The van der Waals surface area contributed by atoms with Crippen LogP contribution < -0.4 is 10.1 Å². The van der Waals surface area contributed by atoms with Crippen molar-refractivity contribution in [2.45, 2.75) is 26.7 Å². The lowest BCUT2D eigenvalue weighted by Gasteiger charge is -2.23. The summed E-state index contributed by atoms with van der Waals surface area (Å²) in [6.45, 7) is 4.73. The van der Waals surface area contributed by atoms with Crippen LogP contribution in [0.4, 0.5) is 0 Å². The van der Waals surface area contributed by atoms with E-state index in [1.807, 2.05) is 38.2 Å². The van der Waals surface area contributed by atoms with E-state index in [4.69, 9.17) is 9.84 Å². The number of amides is 1. The van der Waals surface area contributed by atoms with E-state index in [1.165, 1.54) is 0 Å². The van der Waals surface area contributed by atoms with Gasteiger partial charge >= 0.3 is 0 Å². The molecular weight excluding hydrogens is 280 g/mol. The molecule has 1 amide bonds. The summed E-state index contributed by atoms with van der Waals surface area (Å²) in [5.41, 5.74) is 1.77. The maximum Gasteiger partial charge on any atom is 0.224 e. The zero-order valence-electron chi connectivity index (χ0n) is 13.4. The zero-order valence-corrected chi connectivity index (χ0v) is 13.4. The Hall–Kier alpha value is -2.01. The van der Waals surface area contributed by atoms with E-state index in [0.29, 0.717) is 19.4 Å². The second-order valence-corrected chi connectivity index (χ2v) is 6.29. The minimum atomic E-state index is -0.109. The van der Waals surface area contributed by atoms with Crippen molar-refractivity contribution in [3.8, 4) is 5.75 Å². The largest absolute Gasteiger partial charge is 0.496 e. The zero-order chi connectivity index (χ0) is 16.2. The van der Waals surface area contributed by atoms with Crippen molar-refractivity contribution < 1.29 is 14.6 Å². The molecule has 120 valence electrons. The summed E-state index contributed by atoms with van der Waals surface area (Å²) in [7, 11) is 1.63. The van der Waals surface area contributed by atoms with Crippen LogP contribution in [0.3, 0.4) is 0 Å². The number of aliphatic hydroxyl groups is 1. The molecule has 1 aromatic carbocycles. The van der Waals surface area contributed by atoms with Gasteiger partial charge in [-0.05, 0) is 29.5 Å². The van der Waals surface area contributed by atoms with Crippen LogP contribution in [0.15, 0.2) is 24.4 Å². The Morgan fingerprint density at radius 1 is 1.41 bits per heavy atom. The van der Waals surface area contributed by atoms with Crippen LogP contribution in [0.1, 0.15) is 25.8 Å². The molecule has 2 aromatic rings. The van der Waals surface area contributed by atoms with Gasteiger partial charge in [0.1, 0.15) is 5.75 Å². The lowest BCUT2D eigenvalue weighted by molar-refractivity contribution is -0.120. The molecule has 0 unspecified atom stereocenters. The Morgan fingerprint density at radius 2 is 2.18 bits per heavy atom. The molecule has 22 heavy (non-hydrogen) atoms. The van der Waals surface area contributed by atoms with Crippen molar-refractivity contribution >= 4 is 16.8 Å². The average molecular weight is 304 g/mol. The van der Waals surface area contributed by atoms with E-state index in [9.17, 15) is 4.79 Å². The normalized spacial score (nSPS) is 11.6. The van der Waals surface area contributed by atoms with Gasteiger partial charge in [0.25, 0.3) is 0 Å². The van der Waals surface area contributed by atoms with E-state index in [0.717, 1.165) is 22.2 Å². The molecule has 0 spiro atoms. The number of nitrogens with one attached hydrogen (secondary N) is 2. The number of aliphatic hydroxyl groups excluding tert-OH is 1. The lowest BCUT2D eigenvalue weighted by atomic mass is 9.89. The predicted octanol–water partition coefficient (Wildman–Crippen LogP) is 2.24. The fourth-order valence-electron chi connectivity index (χ4n) is 2.49. The first-order chi connectivity index (χ1) is 10.5. The summed E-state index contributed by atoms with van der Waals surface area (Å²) >= 11 is 0. The fraction of sp³-hybridized carbons (Fsp3) is 0.471. The lowest BCUT2D eigenvalue weighted by Crippen LogP contribution is -2.35. The van der Waals surface area contributed by atoms with E-state index in [-0.39, 0.29) is 17.9 Å². The van der Waals surface area contributed by atoms with E-state index < -0.39 is 0 Å². The summed E-state index contributed by atoms with van der Waals surface area (Å²) in [5, 5.41) is 12.9. The van der Waals surface area contributed by atoms with Crippen molar-refractivity contribution in [3.05, 3.63) is 30.0 Å². The van der Waals surface area contributed by atoms with Gasteiger partial charge in [-0.15, -0.1) is 0 Å². The smallest absolute Gasteiger partial charge is 0.224 e. The molecule has 0 aliphatic heterocycles. The Balaban J connectivity index is 2.06. The quantitative estimate of drug-likeness (QED) is 0.734. The number of aromatic amines is 1. The maximum atomic E-state index is 12.2. The predicted molar refractivity (Wildman–Crippen MR) is 87.0 cm³/mol. The topological polar surface area (TPSA) is 74.4 Å². The Bertz CT molecular complexity index is 646. The van der Waals surface area contributed by atoms with Crippen molar-refractivity contribution in [3.63, 3.8) is 0 Å². The molecular formula is C17H24N2O3. The van der Waals surface area contributed by atoms with Crippen LogP contribution in [0.2, 0.25) is 0 Å². The molecule has 3 N–H and O–H groups in total. The van der Waals surface area contributed by atoms with Gasteiger partial charge in [-0.2, -0.15) is 0 Å². The third-order valence-electron chi connectivity index (χ3n) is 3.87. The molecule has 0 atom stereocenters. The van der Waals surface area contributed by atoms with Crippen molar-refractivity contribution in [1.29, 1.82) is 0 Å². The van der Waals surface area contributed by atoms with Gasteiger partial charge in [-0.25, -0.2) is 0 Å². The van der Waals surface area contributed by atoms with Crippen LogP contribution in [0.25, 0.3) is 10.9 Å². The third-order valence-corrected chi connectivity index (χ3v) is 3.87. The number of rotatable bonds is 7. The summed E-state index contributed by atoms with van der Waals surface area (Å²) < 4.78 is 5.37. The number of H-pyrrole nitrogens is 1. The van der Waals surface area contributed by atoms with Gasteiger partial charge in [0.2, 0.25) is 5.91 Å². The molecule has 0 bridgehead atoms. The van der Waals surface area contributed by atoms with E-state index >= 15 is 0 Å². The summed E-state index contributed by atoms with van der Waals surface area (Å²) in [6, 6.07) is 5.77. The summed E-state index contributed by atoms with van der Waals surface area (Å²) in [6.07, 6.45) is 2.81. The second kappa shape index (κ2) is 6.83. The second-order valence-electron chi connectivity index (χ2n) is 6.29. The molecule has 0 radical (unpaired) electrons. The SMILES string of the molecule is COc1cccc2[nH]cc(CC(=O)NCC(C)(C)CCO)c12. The highest BCUT2D eigenvalue weighted by molar-refractivity contribution is 5.93. The number of carbonyl (C=O) groups excluding carboxylic acids is 1. The number of ether oxygens (including phenoxy) is 1. The van der Waals surface area contributed by atoms with Crippen LogP contribution >= 0.6 is 0 Å². The van der Waals surface area contributed by atoms with Crippen LogP contribution in [0, 0.1) is 5.41 Å². The Morgan fingerprint density at radius 3 is 2.86 bits per heavy atom. The molecule has 5 nitrogen and oxygen atoms in total. The average Bonchev–Trinajstić information content (AvgIpc) is 2.88. The summed E-state index contributed by atoms with van der Waals surface area (Å²) in [5.74, 6) is 0.736. The molecule has 5 heteroatoms. The minimum Gasteiger partial charge on any atom is -0.496 e. The fourth-order valence-corrected chi connectivity index (χ4v) is 2.49. The number of carbonyl (C=O) groups is 1. The first kappa shape index (κ1) is 16.4. The number of aromatic nitrogens is 1. The van der Waals surface area contributed by atoms with E-state index in [1.54, 1.807) is 7.11 Å². The highest BCUT2D eigenvalue weighted by Gasteiger charge is 2.19. The number of fused-ring (bicyclic) bond motifs is 1. The van der Waals surface area contributed by atoms with Gasteiger partial charge in [0, 0.05) is 30.3 Å². The number of benzene rings is 1. The highest BCUT2D eigenvalue weighted by atomic mass is 16.5. The number of methoxy groups -OCH3 is 1. The van der Waals surface area contributed by atoms with E-state index in [2.05, 4.69) is 10.3 Å². The molecule has 0 saturated carbocycles.